The summed E-state index contributed by atoms with van der Waals surface area (Å²) in [6.07, 6.45) is 5.83. The fourth-order valence-corrected chi connectivity index (χ4v) is 1.57. The molecule has 0 N–H and O–H groups in total. The Morgan fingerprint density at radius 1 is 1.57 bits per heavy atom. The number of aryl methyl sites for hydroxylation is 1. The van der Waals surface area contributed by atoms with Gasteiger partial charge in [0.2, 0.25) is 0 Å². The first-order valence-corrected chi connectivity index (χ1v) is 5.35. The molecule has 0 fully saturated rings. The molecule has 0 radical (unpaired) electrons. The predicted octanol–water partition coefficient (Wildman–Crippen LogP) is 3.67. The minimum Gasteiger partial charge on any atom is -0.264 e. The van der Waals surface area contributed by atoms with Crippen molar-refractivity contribution in [3.63, 3.8) is 0 Å². The molecule has 1 rings (SSSR count). The molecular formula is C12H16ClN. The zero-order chi connectivity index (χ0) is 10.6. The molecule has 2 heteroatoms. The van der Waals surface area contributed by atoms with Crippen LogP contribution in [0.1, 0.15) is 25.0 Å². The lowest BCUT2D eigenvalue weighted by atomic mass is 10.0. The van der Waals surface area contributed by atoms with E-state index in [1.165, 1.54) is 11.1 Å². The molecule has 0 saturated heterocycles. The molecule has 0 unspecified atom stereocenters. The SMILES string of the molecule is Cc1ccncc1/C=C(\CCl)C(C)C. The number of allylic oxidation sites excluding steroid dienone is 1. The fraction of sp³-hybridized carbons (Fsp3) is 0.417. The number of hydrogen-bond acceptors (Lipinski definition) is 1. The smallest absolute Gasteiger partial charge is 0.0439 e. The van der Waals surface area contributed by atoms with Crippen LogP contribution in [0, 0.1) is 12.8 Å². The Morgan fingerprint density at radius 3 is 2.79 bits per heavy atom. The van der Waals surface area contributed by atoms with Gasteiger partial charge in [-0.3, -0.25) is 4.98 Å². The average molecular weight is 210 g/mol. The minimum absolute atomic E-state index is 0.493. The quantitative estimate of drug-likeness (QED) is 0.693. The second-order valence-electron chi connectivity index (χ2n) is 3.74. The second kappa shape index (κ2) is 5.16. The van der Waals surface area contributed by atoms with Crippen LogP contribution in [0.25, 0.3) is 6.08 Å². The monoisotopic (exact) mass is 209 g/mol. The van der Waals surface area contributed by atoms with E-state index >= 15 is 0 Å². The van der Waals surface area contributed by atoms with Gasteiger partial charge in [-0.15, -0.1) is 11.6 Å². The summed E-state index contributed by atoms with van der Waals surface area (Å²) in [5.74, 6) is 1.08. The molecule has 0 spiro atoms. The molecule has 0 bridgehead atoms. The van der Waals surface area contributed by atoms with E-state index < -0.39 is 0 Å². The van der Waals surface area contributed by atoms with E-state index in [1.54, 1.807) is 0 Å². The summed E-state index contributed by atoms with van der Waals surface area (Å²) >= 11 is 5.88. The summed E-state index contributed by atoms with van der Waals surface area (Å²) in [6, 6.07) is 2.01. The Labute approximate surface area is 90.8 Å². The van der Waals surface area contributed by atoms with Gasteiger partial charge in [-0.05, 0) is 30.0 Å². The number of rotatable bonds is 3. The number of alkyl halides is 1. The van der Waals surface area contributed by atoms with Gasteiger partial charge in [-0.1, -0.05) is 25.5 Å². The largest absolute Gasteiger partial charge is 0.264 e. The van der Waals surface area contributed by atoms with Gasteiger partial charge >= 0.3 is 0 Å². The molecule has 0 aliphatic rings. The Kier molecular flexibility index (Phi) is 4.15. The normalized spacial score (nSPS) is 12.2. The predicted molar refractivity (Wildman–Crippen MR) is 62.5 cm³/mol. The standard InChI is InChI=1S/C12H16ClN/c1-9(2)11(7-13)6-12-8-14-5-4-10(12)3/h4-6,8-9H,7H2,1-3H3/b11-6+. The molecule has 1 aromatic rings. The number of nitrogens with zero attached hydrogens (tertiary/aromatic N) is 1. The summed E-state index contributed by atoms with van der Waals surface area (Å²) in [5, 5.41) is 0. The van der Waals surface area contributed by atoms with Gasteiger partial charge in [-0.2, -0.15) is 0 Å². The maximum absolute atomic E-state index is 5.88. The Bertz CT molecular complexity index is 329. The van der Waals surface area contributed by atoms with Crippen molar-refractivity contribution in [2.45, 2.75) is 20.8 Å². The van der Waals surface area contributed by atoms with Crippen molar-refractivity contribution in [1.29, 1.82) is 0 Å². The fourth-order valence-electron chi connectivity index (χ4n) is 1.19. The van der Waals surface area contributed by atoms with E-state index in [1.807, 2.05) is 18.5 Å². The number of pyridine rings is 1. The first-order chi connectivity index (χ1) is 6.65. The van der Waals surface area contributed by atoms with Gasteiger partial charge in [-0.25, -0.2) is 0 Å². The molecule has 0 aliphatic carbocycles. The van der Waals surface area contributed by atoms with Crippen LogP contribution < -0.4 is 0 Å². The molecular weight excluding hydrogens is 194 g/mol. The third-order valence-corrected chi connectivity index (χ3v) is 2.62. The van der Waals surface area contributed by atoms with Gasteiger partial charge in [0, 0.05) is 18.3 Å². The van der Waals surface area contributed by atoms with Gasteiger partial charge < -0.3 is 0 Å². The van der Waals surface area contributed by atoms with Gasteiger partial charge in [0.25, 0.3) is 0 Å². The summed E-state index contributed by atoms with van der Waals surface area (Å²) in [6.45, 7) is 6.39. The van der Waals surface area contributed by atoms with E-state index in [2.05, 4.69) is 31.8 Å². The molecule has 0 atom stereocenters. The molecule has 14 heavy (non-hydrogen) atoms. The lowest BCUT2D eigenvalue weighted by Crippen LogP contribution is -1.96. The van der Waals surface area contributed by atoms with Crippen molar-refractivity contribution in [2.75, 3.05) is 5.88 Å². The average Bonchev–Trinajstić information content (AvgIpc) is 2.16. The highest BCUT2D eigenvalue weighted by molar-refractivity contribution is 6.19. The second-order valence-corrected chi connectivity index (χ2v) is 4.01. The van der Waals surface area contributed by atoms with Crippen LogP contribution in [-0.4, -0.2) is 10.9 Å². The summed E-state index contributed by atoms with van der Waals surface area (Å²) < 4.78 is 0. The highest BCUT2D eigenvalue weighted by Crippen LogP contribution is 2.17. The molecule has 1 heterocycles. The van der Waals surface area contributed by atoms with Gasteiger partial charge in [0.05, 0.1) is 0 Å². The lowest BCUT2D eigenvalue weighted by Gasteiger charge is -2.08. The third-order valence-electron chi connectivity index (χ3n) is 2.32. The van der Waals surface area contributed by atoms with Crippen molar-refractivity contribution in [3.8, 4) is 0 Å². The molecule has 1 nitrogen and oxygen atoms in total. The van der Waals surface area contributed by atoms with E-state index in [4.69, 9.17) is 11.6 Å². The number of halogens is 1. The van der Waals surface area contributed by atoms with Crippen molar-refractivity contribution in [2.24, 2.45) is 5.92 Å². The summed E-state index contributed by atoms with van der Waals surface area (Å²) in [4.78, 5) is 4.10. The highest BCUT2D eigenvalue weighted by Gasteiger charge is 2.02. The van der Waals surface area contributed by atoms with Crippen LogP contribution >= 0.6 is 11.6 Å². The molecule has 1 aromatic heterocycles. The van der Waals surface area contributed by atoms with Crippen molar-refractivity contribution in [3.05, 3.63) is 35.2 Å². The molecule has 0 amide bonds. The lowest BCUT2D eigenvalue weighted by molar-refractivity contribution is 0.778. The topological polar surface area (TPSA) is 12.9 Å². The van der Waals surface area contributed by atoms with E-state index in [-0.39, 0.29) is 0 Å². The van der Waals surface area contributed by atoms with Crippen LogP contribution in [0.15, 0.2) is 24.0 Å². The number of hydrogen-bond donors (Lipinski definition) is 0. The highest BCUT2D eigenvalue weighted by atomic mass is 35.5. The van der Waals surface area contributed by atoms with Crippen molar-refractivity contribution in [1.82, 2.24) is 4.98 Å². The molecule has 76 valence electrons. The van der Waals surface area contributed by atoms with Crippen molar-refractivity contribution < 1.29 is 0 Å². The maximum Gasteiger partial charge on any atom is 0.0439 e. The van der Waals surface area contributed by atoms with E-state index in [0.717, 1.165) is 5.56 Å². The Hall–Kier alpha value is -0.820. The van der Waals surface area contributed by atoms with Crippen molar-refractivity contribution >= 4 is 17.7 Å². The van der Waals surface area contributed by atoms with E-state index in [9.17, 15) is 0 Å². The van der Waals surface area contributed by atoms with Gasteiger partial charge in [0.15, 0.2) is 0 Å². The Morgan fingerprint density at radius 2 is 2.29 bits per heavy atom. The van der Waals surface area contributed by atoms with Crippen LogP contribution in [0.2, 0.25) is 0 Å². The number of aromatic nitrogens is 1. The zero-order valence-electron chi connectivity index (χ0n) is 8.92. The maximum atomic E-state index is 5.88. The minimum atomic E-state index is 0.493. The molecule has 0 saturated carbocycles. The van der Waals surface area contributed by atoms with Gasteiger partial charge in [0.1, 0.15) is 0 Å². The summed E-state index contributed by atoms with van der Waals surface area (Å²) in [5.41, 5.74) is 3.66. The summed E-state index contributed by atoms with van der Waals surface area (Å²) in [7, 11) is 0. The first-order valence-electron chi connectivity index (χ1n) is 4.82. The molecule has 0 aliphatic heterocycles. The van der Waals surface area contributed by atoms with Crippen LogP contribution in [0.5, 0.6) is 0 Å². The zero-order valence-corrected chi connectivity index (χ0v) is 9.67. The van der Waals surface area contributed by atoms with E-state index in [0.29, 0.717) is 11.8 Å². The molecule has 0 aromatic carbocycles. The van der Waals surface area contributed by atoms with Crippen LogP contribution in [0.3, 0.4) is 0 Å². The van der Waals surface area contributed by atoms with Crippen LogP contribution in [-0.2, 0) is 0 Å². The Balaban J connectivity index is 3.00. The van der Waals surface area contributed by atoms with Crippen LogP contribution in [0.4, 0.5) is 0 Å². The first kappa shape index (κ1) is 11.3. The third kappa shape index (κ3) is 2.85.